The molecule has 0 fully saturated rings. The molecule has 2 N–H and O–H groups in total. The molecule has 0 bridgehead atoms. The van der Waals surface area contributed by atoms with Gasteiger partial charge in [-0.25, -0.2) is 18.4 Å². The maximum atomic E-state index is 12.1. The molecule has 12 heteroatoms. The van der Waals surface area contributed by atoms with E-state index in [-0.39, 0.29) is 16.5 Å². The Labute approximate surface area is 235 Å². The molecule has 0 saturated carbocycles. The van der Waals surface area contributed by atoms with E-state index in [1.54, 1.807) is 25.3 Å². The summed E-state index contributed by atoms with van der Waals surface area (Å²) in [5, 5.41) is 7.11. The lowest BCUT2D eigenvalue weighted by atomic mass is 10.0. The SMILES string of the molecule is C=CC(=O)Nc1cc(S(C)(=O)=O)cc(C)c1Nc1ncc2cc(-c3c(Cl)c(OC)cc(OC)c3Cl)ccc2n1. The highest BCUT2D eigenvalue weighted by atomic mass is 35.5. The molecule has 39 heavy (non-hydrogen) atoms. The molecule has 0 aliphatic carbocycles. The van der Waals surface area contributed by atoms with Crippen molar-refractivity contribution in [3.05, 3.63) is 70.9 Å². The Morgan fingerprint density at radius 2 is 1.72 bits per heavy atom. The van der Waals surface area contributed by atoms with Crippen LogP contribution < -0.4 is 20.1 Å². The van der Waals surface area contributed by atoms with E-state index in [0.29, 0.717) is 54.8 Å². The Morgan fingerprint density at radius 1 is 1.05 bits per heavy atom. The van der Waals surface area contributed by atoms with Crippen LogP contribution in [0.4, 0.5) is 17.3 Å². The van der Waals surface area contributed by atoms with Crippen molar-refractivity contribution in [1.82, 2.24) is 9.97 Å². The van der Waals surface area contributed by atoms with Gasteiger partial charge in [-0.15, -0.1) is 0 Å². The van der Waals surface area contributed by atoms with Crippen molar-refractivity contribution in [1.29, 1.82) is 0 Å². The van der Waals surface area contributed by atoms with Crippen LogP contribution in [0.2, 0.25) is 10.0 Å². The summed E-state index contributed by atoms with van der Waals surface area (Å²) in [7, 11) is -0.510. The number of aryl methyl sites for hydroxylation is 1. The van der Waals surface area contributed by atoms with Gasteiger partial charge in [0.25, 0.3) is 0 Å². The van der Waals surface area contributed by atoms with Gasteiger partial charge in [0.2, 0.25) is 11.9 Å². The quantitative estimate of drug-likeness (QED) is 0.234. The Morgan fingerprint density at radius 3 is 2.31 bits per heavy atom. The Bertz CT molecular complexity index is 1710. The maximum Gasteiger partial charge on any atom is 0.247 e. The number of ether oxygens (including phenoxy) is 2. The van der Waals surface area contributed by atoms with Gasteiger partial charge in [-0.1, -0.05) is 35.8 Å². The number of hydrogen-bond donors (Lipinski definition) is 2. The number of aromatic nitrogens is 2. The van der Waals surface area contributed by atoms with Crippen LogP contribution in [-0.2, 0) is 14.6 Å². The number of nitrogens with one attached hydrogen (secondary N) is 2. The predicted octanol–water partition coefficient (Wildman–Crippen LogP) is 6.20. The predicted molar refractivity (Wildman–Crippen MR) is 154 cm³/mol. The lowest BCUT2D eigenvalue weighted by Gasteiger charge is -2.17. The van der Waals surface area contributed by atoms with E-state index in [1.807, 2.05) is 12.1 Å². The number of sulfone groups is 1. The van der Waals surface area contributed by atoms with E-state index in [0.717, 1.165) is 12.3 Å². The molecule has 0 unspecified atom stereocenters. The minimum Gasteiger partial charge on any atom is -0.495 e. The van der Waals surface area contributed by atoms with E-state index < -0.39 is 15.7 Å². The average molecular weight is 587 g/mol. The molecule has 1 heterocycles. The molecule has 0 atom stereocenters. The molecular weight excluding hydrogens is 563 g/mol. The second-order valence-electron chi connectivity index (χ2n) is 8.50. The molecule has 1 aromatic heterocycles. The fourth-order valence-electron chi connectivity index (χ4n) is 3.92. The Balaban J connectivity index is 1.76. The molecule has 4 aromatic rings. The lowest BCUT2D eigenvalue weighted by Crippen LogP contribution is -2.12. The van der Waals surface area contributed by atoms with Crippen LogP contribution in [0.3, 0.4) is 0 Å². The highest BCUT2D eigenvalue weighted by Crippen LogP contribution is 2.46. The van der Waals surface area contributed by atoms with Crippen molar-refractivity contribution in [3.8, 4) is 22.6 Å². The number of rotatable bonds is 8. The van der Waals surface area contributed by atoms with Gasteiger partial charge in [0.05, 0.1) is 46.1 Å². The number of amides is 1. The van der Waals surface area contributed by atoms with Crippen molar-refractivity contribution in [2.75, 3.05) is 31.1 Å². The zero-order chi connectivity index (χ0) is 28.5. The summed E-state index contributed by atoms with van der Waals surface area (Å²) in [5.74, 6) is 0.570. The first kappa shape index (κ1) is 28.2. The third-order valence-corrected chi connectivity index (χ3v) is 7.70. The fourth-order valence-corrected chi connectivity index (χ4v) is 5.36. The number of halogens is 2. The van der Waals surface area contributed by atoms with Crippen LogP contribution >= 0.6 is 23.2 Å². The number of nitrogens with zero attached hydrogens (tertiary/aromatic N) is 2. The number of fused-ring (bicyclic) bond motifs is 1. The van der Waals surface area contributed by atoms with E-state index >= 15 is 0 Å². The smallest absolute Gasteiger partial charge is 0.247 e. The van der Waals surface area contributed by atoms with Crippen molar-refractivity contribution in [2.45, 2.75) is 11.8 Å². The Kier molecular flexibility index (Phi) is 8.01. The monoisotopic (exact) mass is 586 g/mol. The number of benzene rings is 3. The number of hydrogen-bond acceptors (Lipinski definition) is 8. The molecule has 9 nitrogen and oxygen atoms in total. The van der Waals surface area contributed by atoms with E-state index in [9.17, 15) is 13.2 Å². The van der Waals surface area contributed by atoms with Gasteiger partial charge in [0.1, 0.15) is 11.5 Å². The van der Waals surface area contributed by atoms with Crippen molar-refractivity contribution in [2.24, 2.45) is 0 Å². The number of carbonyl (C=O) groups is 1. The van der Waals surface area contributed by atoms with Crippen molar-refractivity contribution < 1.29 is 22.7 Å². The summed E-state index contributed by atoms with van der Waals surface area (Å²) in [6.45, 7) is 5.16. The van der Waals surface area contributed by atoms with E-state index in [4.69, 9.17) is 32.7 Å². The molecule has 202 valence electrons. The summed E-state index contributed by atoms with van der Waals surface area (Å²) in [6.07, 6.45) is 3.80. The normalized spacial score (nSPS) is 11.2. The molecule has 0 radical (unpaired) electrons. The molecule has 0 aliphatic heterocycles. The van der Waals surface area contributed by atoms with Crippen LogP contribution in [0.15, 0.2) is 60.1 Å². The number of anilines is 3. The summed E-state index contributed by atoms with van der Waals surface area (Å²) < 4.78 is 35.0. The summed E-state index contributed by atoms with van der Waals surface area (Å²) in [4.78, 5) is 21.1. The fraction of sp³-hybridized carbons (Fsp3) is 0.148. The summed E-state index contributed by atoms with van der Waals surface area (Å²) >= 11 is 13.2. The molecule has 0 saturated heterocycles. The first-order valence-electron chi connectivity index (χ1n) is 11.4. The average Bonchev–Trinajstić information content (AvgIpc) is 2.90. The second kappa shape index (κ2) is 11.1. The molecule has 0 aliphatic rings. The molecule has 0 spiro atoms. The zero-order valence-electron chi connectivity index (χ0n) is 21.4. The number of carbonyl (C=O) groups excluding carboxylic acids is 1. The van der Waals surface area contributed by atoms with Gasteiger partial charge in [0.15, 0.2) is 9.84 Å². The third kappa shape index (κ3) is 5.78. The standard InChI is InChI=1S/C27H24Cl2N4O5S/c1-6-22(34)31-19-11-17(39(5,35)36)9-14(2)26(19)33-27-30-13-16-10-15(7-8-18(16)32-27)23-24(28)20(37-3)12-21(38-4)25(23)29/h6-13H,1H2,2-5H3,(H,31,34)(H,30,32,33). The number of methoxy groups -OCH3 is 2. The largest absolute Gasteiger partial charge is 0.495 e. The van der Waals surface area contributed by atoms with E-state index in [1.165, 1.54) is 26.4 Å². The molecule has 1 amide bonds. The third-order valence-electron chi connectivity index (χ3n) is 5.86. The van der Waals surface area contributed by atoms with Gasteiger partial charge < -0.3 is 20.1 Å². The van der Waals surface area contributed by atoms with Gasteiger partial charge in [-0.2, -0.15) is 0 Å². The van der Waals surface area contributed by atoms with Gasteiger partial charge in [-0.3, -0.25) is 4.79 Å². The molecule has 4 rings (SSSR count). The minimum atomic E-state index is -3.52. The summed E-state index contributed by atoms with van der Waals surface area (Å²) in [5.41, 5.74) is 3.11. The Hall–Kier alpha value is -3.86. The maximum absolute atomic E-state index is 12.1. The van der Waals surface area contributed by atoms with Gasteiger partial charge in [-0.05, 0) is 48.4 Å². The van der Waals surface area contributed by atoms with Crippen LogP contribution in [0.25, 0.3) is 22.0 Å². The lowest BCUT2D eigenvalue weighted by molar-refractivity contribution is -0.111. The highest BCUT2D eigenvalue weighted by Gasteiger charge is 2.20. The second-order valence-corrected chi connectivity index (χ2v) is 11.3. The van der Waals surface area contributed by atoms with Gasteiger partial charge >= 0.3 is 0 Å². The zero-order valence-corrected chi connectivity index (χ0v) is 23.8. The highest BCUT2D eigenvalue weighted by molar-refractivity contribution is 7.90. The minimum absolute atomic E-state index is 0.0587. The van der Waals surface area contributed by atoms with Crippen LogP contribution in [0.1, 0.15) is 5.56 Å². The first-order chi connectivity index (χ1) is 18.5. The van der Waals surface area contributed by atoms with Crippen molar-refractivity contribution >= 4 is 67.2 Å². The van der Waals surface area contributed by atoms with Crippen LogP contribution in [0.5, 0.6) is 11.5 Å². The van der Waals surface area contributed by atoms with Crippen LogP contribution in [0, 0.1) is 6.92 Å². The molecular formula is C27H24Cl2N4O5S. The van der Waals surface area contributed by atoms with Crippen LogP contribution in [-0.4, -0.2) is 44.8 Å². The molecule has 3 aromatic carbocycles. The summed E-state index contributed by atoms with van der Waals surface area (Å²) in [6, 6.07) is 9.93. The van der Waals surface area contributed by atoms with Gasteiger partial charge in [0, 0.05) is 29.5 Å². The van der Waals surface area contributed by atoms with Crippen molar-refractivity contribution in [3.63, 3.8) is 0 Å². The topological polar surface area (TPSA) is 120 Å². The van der Waals surface area contributed by atoms with E-state index in [2.05, 4.69) is 27.2 Å². The first-order valence-corrected chi connectivity index (χ1v) is 14.0.